The van der Waals surface area contributed by atoms with Gasteiger partial charge in [-0.1, -0.05) is 6.92 Å². The lowest BCUT2D eigenvalue weighted by atomic mass is 9.98. The van der Waals surface area contributed by atoms with Gasteiger partial charge in [-0.05, 0) is 98.5 Å². The molecule has 0 atom stereocenters. The highest BCUT2D eigenvalue weighted by atomic mass is 32.2. The van der Waals surface area contributed by atoms with E-state index in [0.29, 0.717) is 34.2 Å². The van der Waals surface area contributed by atoms with Crippen molar-refractivity contribution in [3.63, 3.8) is 0 Å². The van der Waals surface area contributed by atoms with Crippen LogP contribution in [-0.4, -0.2) is 42.5 Å². The number of hydrogen-bond donors (Lipinski definition) is 3. The highest BCUT2D eigenvalue weighted by Gasteiger charge is 2.22. The Balaban J connectivity index is 1.43. The summed E-state index contributed by atoms with van der Waals surface area (Å²) in [4.78, 5) is 34.6. The topological polar surface area (TPSA) is 146 Å². The van der Waals surface area contributed by atoms with Crippen LogP contribution in [0.2, 0.25) is 0 Å². The van der Waals surface area contributed by atoms with Gasteiger partial charge >= 0.3 is 0 Å². The molecule has 39 heavy (non-hydrogen) atoms. The SMILES string of the molecule is Cc1cc(C)nc(NS(=O)(=O)c2ccc(NC(=S)NC(=O)c3cc(N=O)ccc3N3CCC(C)CC3)cc2)n1. The van der Waals surface area contributed by atoms with Crippen molar-refractivity contribution in [1.29, 1.82) is 0 Å². The lowest BCUT2D eigenvalue weighted by Gasteiger charge is -2.33. The molecule has 0 unspecified atom stereocenters. The molecule has 3 N–H and O–H groups in total. The average Bonchev–Trinajstić information content (AvgIpc) is 2.88. The van der Waals surface area contributed by atoms with Gasteiger partial charge in [0.2, 0.25) is 5.95 Å². The van der Waals surface area contributed by atoms with Crippen molar-refractivity contribution in [3.05, 3.63) is 70.4 Å². The molecule has 3 aromatic rings. The Bertz CT molecular complexity index is 1480. The second-order valence-corrected chi connectivity index (χ2v) is 11.6. The van der Waals surface area contributed by atoms with Crippen molar-refractivity contribution < 1.29 is 13.2 Å². The Morgan fingerprint density at radius 2 is 1.67 bits per heavy atom. The molecule has 2 aromatic carbocycles. The average molecular weight is 568 g/mol. The third-order valence-electron chi connectivity index (χ3n) is 6.31. The zero-order chi connectivity index (χ0) is 28.2. The van der Waals surface area contributed by atoms with Crippen molar-refractivity contribution in [1.82, 2.24) is 15.3 Å². The Morgan fingerprint density at radius 3 is 2.28 bits per heavy atom. The first-order valence-corrected chi connectivity index (χ1v) is 14.2. The first kappa shape index (κ1) is 28.0. The molecule has 0 saturated carbocycles. The van der Waals surface area contributed by atoms with E-state index in [9.17, 15) is 18.1 Å². The fourth-order valence-electron chi connectivity index (χ4n) is 4.29. The number of amides is 1. The molecule has 1 aliphatic rings. The molecule has 11 nitrogen and oxygen atoms in total. The number of anilines is 3. The van der Waals surface area contributed by atoms with Gasteiger partial charge in [0.05, 0.1) is 10.5 Å². The van der Waals surface area contributed by atoms with Gasteiger partial charge in [-0.15, -0.1) is 4.91 Å². The number of nitrogens with one attached hydrogen (secondary N) is 3. The van der Waals surface area contributed by atoms with Crippen LogP contribution in [0.25, 0.3) is 0 Å². The molecule has 1 aliphatic heterocycles. The molecule has 204 valence electrons. The fraction of sp³-hybridized carbons (Fsp3) is 0.308. The molecule has 4 rings (SSSR count). The Kier molecular flexibility index (Phi) is 8.51. The maximum Gasteiger partial charge on any atom is 0.264 e. The molecule has 13 heteroatoms. The van der Waals surface area contributed by atoms with Crippen molar-refractivity contribution in [3.8, 4) is 0 Å². The zero-order valence-corrected chi connectivity index (χ0v) is 23.4. The minimum Gasteiger partial charge on any atom is -0.371 e. The number of rotatable bonds is 7. The van der Waals surface area contributed by atoms with Gasteiger partial charge in [0.15, 0.2) is 5.11 Å². The van der Waals surface area contributed by atoms with Gasteiger partial charge in [-0.3, -0.25) is 10.1 Å². The van der Waals surface area contributed by atoms with Crippen LogP contribution < -0.4 is 20.3 Å². The third-order valence-corrected chi connectivity index (χ3v) is 7.86. The summed E-state index contributed by atoms with van der Waals surface area (Å²) in [6, 6.07) is 12.3. The number of thiocarbonyl (C=S) groups is 1. The number of carbonyl (C=O) groups is 1. The molecular formula is C26H29N7O4S2. The van der Waals surface area contributed by atoms with Crippen molar-refractivity contribution in [2.45, 2.75) is 38.5 Å². The first-order valence-electron chi connectivity index (χ1n) is 12.3. The Hall–Kier alpha value is -3.97. The van der Waals surface area contributed by atoms with Crippen LogP contribution in [-0.2, 0) is 10.0 Å². The van der Waals surface area contributed by atoms with Crippen molar-refractivity contribution in [2.75, 3.05) is 28.0 Å². The van der Waals surface area contributed by atoms with Crippen molar-refractivity contribution >= 4 is 56.3 Å². The largest absolute Gasteiger partial charge is 0.371 e. The standard InChI is InChI=1S/C26H29N7O4S2/c1-16-10-12-33(13-11-16)23-9-6-20(31-35)15-22(23)24(34)30-26(38)29-19-4-7-21(8-5-19)39(36,37)32-25-27-17(2)14-18(3)28-25/h4-9,14-16H,10-13H2,1-3H3,(H,27,28,32)(H2,29,30,34,38). The summed E-state index contributed by atoms with van der Waals surface area (Å²) >= 11 is 5.32. The second kappa shape index (κ2) is 11.8. The lowest BCUT2D eigenvalue weighted by molar-refractivity contribution is 0.0978. The third kappa shape index (κ3) is 7.12. The van der Waals surface area contributed by atoms with Gasteiger partial charge in [-0.25, -0.2) is 23.1 Å². The summed E-state index contributed by atoms with van der Waals surface area (Å²) in [6.45, 7) is 7.31. The summed E-state index contributed by atoms with van der Waals surface area (Å²) < 4.78 is 27.9. The van der Waals surface area contributed by atoms with E-state index in [-0.39, 0.29) is 21.6 Å². The minimum atomic E-state index is -3.92. The highest BCUT2D eigenvalue weighted by molar-refractivity contribution is 7.92. The van der Waals surface area contributed by atoms with Crippen LogP contribution in [0.1, 0.15) is 41.5 Å². The highest BCUT2D eigenvalue weighted by Crippen LogP contribution is 2.29. The van der Waals surface area contributed by atoms with Gasteiger partial charge in [-0.2, -0.15) is 0 Å². The van der Waals surface area contributed by atoms with E-state index in [1.165, 1.54) is 30.3 Å². The summed E-state index contributed by atoms with van der Waals surface area (Å²) in [5, 5.41) is 8.49. The number of sulfonamides is 1. The normalized spacial score (nSPS) is 14.0. The molecule has 2 heterocycles. The molecule has 1 fully saturated rings. The predicted molar refractivity (Wildman–Crippen MR) is 155 cm³/mol. The number of aromatic nitrogens is 2. The quantitative estimate of drug-likeness (QED) is 0.274. The van der Waals surface area contributed by atoms with E-state index in [0.717, 1.165) is 25.9 Å². The van der Waals surface area contributed by atoms with Crippen LogP contribution in [0.4, 0.5) is 23.0 Å². The summed E-state index contributed by atoms with van der Waals surface area (Å²) in [5.41, 5.74) is 2.90. The maximum atomic E-state index is 13.1. The molecule has 0 spiro atoms. The number of hydrogen-bond acceptors (Lipinski definition) is 9. The Morgan fingerprint density at radius 1 is 1.03 bits per heavy atom. The number of piperidine rings is 1. The van der Waals surface area contributed by atoms with E-state index in [1.54, 1.807) is 32.0 Å². The lowest BCUT2D eigenvalue weighted by Crippen LogP contribution is -2.37. The van der Waals surface area contributed by atoms with E-state index >= 15 is 0 Å². The van der Waals surface area contributed by atoms with Crippen LogP contribution in [0.5, 0.6) is 0 Å². The first-order chi connectivity index (χ1) is 18.5. The number of benzene rings is 2. The number of nitroso groups, excluding NO2 is 1. The summed E-state index contributed by atoms with van der Waals surface area (Å²) in [5.74, 6) is 0.123. The molecular weight excluding hydrogens is 538 g/mol. The van der Waals surface area contributed by atoms with Crippen LogP contribution in [0.3, 0.4) is 0 Å². The van der Waals surface area contributed by atoms with E-state index in [1.807, 2.05) is 0 Å². The van der Waals surface area contributed by atoms with Crippen LogP contribution in [0, 0.1) is 24.7 Å². The van der Waals surface area contributed by atoms with E-state index in [2.05, 4.69) is 42.3 Å². The molecule has 0 radical (unpaired) electrons. The molecule has 1 saturated heterocycles. The molecule has 1 amide bonds. The fourth-order valence-corrected chi connectivity index (χ4v) is 5.44. The van der Waals surface area contributed by atoms with Gasteiger partial charge < -0.3 is 10.2 Å². The van der Waals surface area contributed by atoms with E-state index in [4.69, 9.17) is 12.2 Å². The summed E-state index contributed by atoms with van der Waals surface area (Å²) in [6.07, 6.45) is 2.02. The second-order valence-electron chi connectivity index (χ2n) is 9.47. The zero-order valence-electron chi connectivity index (χ0n) is 21.8. The monoisotopic (exact) mass is 567 g/mol. The number of aryl methyl sites for hydroxylation is 2. The summed E-state index contributed by atoms with van der Waals surface area (Å²) in [7, 11) is -3.92. The predicted octanol–water partition coefficient (Wildman–Crippen LogP) is 4.66. The van der Waals surface area contributed by atoms with Gasteiger partial charge in [0, 0.05) is 35.9 Å². The van der Waals surface area contributed by atoms with Crippen LogP contribution in [0.15, 0.2) is 58.6 Å². The smallest absolute Gasteiger partial charge is 0.264 e. The molecule has 0 aliphatic carbocycles. The number of carbonyl (C=O) groups excluding carboxylic acids is 1. The number of nitrogens with zero attached hydrogens (tertiary/aromatic N) is 4. The van der Waals surface area contributed by atoms with Crippen molar-refractivity contribution in [2.24, 2.45) is 11.1 Å². The molecule has 1 aromatic heterocycles. The van der Waals surface area contributed by atoms with E-state index < -0.39 is 15.9 Å². The van der Waals surface area contributed by atoms with Gasteiger partial charge in [0.1, 0.15) is 5.69 Å². The van der Waals surface area contributed by atoms with Crippen LogP contribution >= 0.6 is 12.2 Å². The molecule has 0 bridgehead atoms. The Labute approximate surface area is 232 Å². The minimum absolute atomic E-state index is 0.00410. The van der Waals surface area contributed by atoms with Gasteiger partial charge in [0.25, 0.3) is 15.9 Å². The maximum absolute atomic E-state index is 13.1.